The number of nitrogens with zero attached hydrogens (tertiary/aromatic N) is 1. The van der Waals surface area contributed by atoms with Gasteiger partial charge in [-0.05, 0) is 37.8 Å². The quantitative estimate of drug-likeness (QED) is 0.640. The highest BCUT2D eigenvalue weighted by molar-refractivity contribution is 6.36. The molecule has 0 aliphatic carbocycles. The number of rotatable bonds is 4. The molecule has 22 heavy (non-hydrogen) atoms. The lowest BCUT2D eigenvalue weighted by molar-refractivity contribution is -0.893. The zero-order valence-corrected chi connectivity index (χ0v) is 14.1. The van der Waals surface area contributed by atoms with Crippen LogP contribution < -0.4 is 10.3 Å². The van der Waals surface area contributed by atoms with Crippen molar-refractivity contribution in [3.63, 3.8) is 0 Å². The molecule has 1 amide bonds. The molecule has 0 bridgehead atoms. The van der Waals surface area contributed by atoms with Crippen LogP contribution >= 0.6 is 23.2 Å². The average molecular weight is 343 g/mol. The first-order chi connectivity index (χ1) is 10.6. The molecule has 0 aromatic heterocycles. The molecule has 0 atom stereocenters. The van der Waals surface area contributed by atoms with E-state index in [4.69, 9.17) is 23.2 Å². The number of carbonyl (C=O) groups is 1. The molecule has 120 valence electrons. The zero-order valence-electron chi connectivity index (χ0n) is 12.6. The number of hydrazone groups is 1. The van der Waals surface area contributed by atoms with Gasteiger partial charge in [0, 0.05) is 10.6 Å². The van der Waals surface area contributed by atoms with Crippen LogP contribution in [-0.4, -0.2) is 31.8 Å². The third-order valence-corrected chi connectivity index (χ3v) is 4.39. The molecule has 4 nitrogen and oxygen atoms in total. The van der Waals surface area contributed by atoms with Crippen molar-refractivity contribution in [1.82, 2.24) is 5.43 Å². The molecular weight excluding hydrogens is 321 g/mol. The largest absolute Gasteiger partial charge is 0.327 e. The summed E-state index contributed by atoms with van der Waals surface area (Å²) in [5.74, 6) is -0.0584. The van der Waals surface area contributed by atoms with Gasteiger partial charge in [-0.25, -0.2) is 5.43 Å². The Morgan fingerprint density at radius 1 is 1.18 bits per heavy atom. The van der Waals surface area contributed by atoms with Crippen LogP contribution in [0.1, 0.15) is 37.7 Å². The standard InChI is InChI=1S/C16H21Cl2N3O/c17-14-7-6-13(15(18)10-14)11-19-20-16(22)12-21-8-4-2-1-3-5-9-21/h6-7,10-11H,1-5,8-9,12H2,(H,20,22)/p+1/b19-11-. The first-order valence-corrected chi connectivity index (χ1v) is 8.51. The van der Waals surface area contributed by atoms with Gasteiger partial charge in [0.1, 0.15) is 0 Å². The molecule has 1 heterocycles. The van der Waals surface area contributed by atoms with Crippen molar-refractivity contribution in [2.45, 2.75) is 32.1 Å². The predicted octanol–water partition coefficient (Wildman–Crippen LogP) is 2.29. The van der Waals surface area contributed by atoms with E-state index in [2.05, 4.69) is 10.5 Å². The predicted molar refractivity (Wildman–Crippen MR) is 90.8 cm³/mol. The molecule has 1 aromatic carbocycles. The molecule has 6 heteroatoms. The SMILES string of the molecule is O=C(C[NH+]1CCCCCCC1)N/N=C\c1ccc(Cl)cc1Cl. The van der Waals surface area contributed by atoms with E-state index < -0.39 is 0 Å². The Balaban J connectivity index is 1.80. The van der Waals surface area contributed by atoms with E-state index >= 15 is 0 Å². The third-order valence-electron chi connectivity index (χ3n) is 3.83. The van der Waals surface area contributed by atoms with Gasteiger partial charge in [-0.3, -0.25) is 4.79 Å². The number of amides is 1. The molecule has 1 aliphatic rings. The summed E-state index contributed by atoms with van der Waals surface area (Å²) in [6, 6.07) is 5.15. The van der Waals surface area contributed by atoms with Crippen molar-refractivity contribution in [2.24, 2.45) is 5.10 Å². The van der Waals surface area contributed by atoms with Crippen LogP contribution in [0.15, 0.2) is 23.3 Å². The van der Waals surface area contributed by atoms with Crippen molar-refractivity contribution in [3.05, 3.63) is 33.8 Å². The monoisotopic (exact) mass is 342 g/mol. The van der Waals surface area contributed by atoms with Gasteiger partial charge in [-0.15, -0.1) is 0 Å². The Bertz CT molecular complexity index is 526. The fourth-order valence-electron chi connectivity index (χ4n) is 2.63. The molecule has 0 unspecified atom stereocenters. The second-order valence-electron chi connectivity index (χ2n) is 5.65. The third kappa shape index (κ3) is 5.95. The second-order valence-corrected chi connectivity index (χ2v) is 6.50. The number of benzene rings is 1. The Hall–Kier alpha value is -1.10. The summed E-state index contributed by atoms with van der Waals surface area (Å²) in [5, 5.41) is 5.06. The highest BCUT2D eigenvalue weighted by atomic mass is 35.5. The van der Waals surface area contributed by atoms with Crippen LogP contribution in [0.3, 0.4) is 0 Å². The Labute approximate surface area is 141 Å². The van der Waals surface area contributed by atoms with E-state index in [0.29, 0.717) is 16.6 Å². The lowest BCUT2D eigenvalue weighted by Gasteiger charge is -2.20. The highest BCUT2D eigenvalue weighted by Crippen LogP contribution is 2.19. The summed E-state index contributed by atoms with van der Waals surface area (Å²) in [6.45, 7) is 2.62. The van der Waals surface area contributed by atoms with E-state index in [1.165, 1.54) is 37.0 Å². The molecule has 0 spiro atoms. The molecule has 0 saturated carbocycles. The molecule has 1 aromatic rings. The molecule has 2 rings (SSSR count). The van der Waals surface area contributed by atoms with Crippen LogP contribution in [0.4, 0.5) is 0 Å². The number of carbonyl (C=O) groups excluding carboxylic acids is 1. The van der Waals surface area contributed by atoms with Crippen LogP contribution in [0, 0.1) is 0 Å². The zero-order chi connectivity index (χ0) is 15.8. The minimum absolute atomic E-state index is 0.0584. The average Bonchev–Trinajstić information content (AvgIpc) is 2.44. The summed E-state index contributed by atoms with van der Waals surface area (Å²) in [5.41, 5.74) is 3.30. The molecule has 0 radical (unpaired) electrons. The Kier molecular flexibility index (Phi) is 7.16. The summed E-state index contributed by atoms with van der Waals surface area (Å²) < 4.78 is 0. The van der Waals surface area contributed by atoms with Crippen molar-refractivity contribution >= 4 is 35.3 Å². The van der Waals surface area contributed by atoms with Gasteiger partial charge in [-0.1, -0.05) is 35.7 Å². The Morgan fingerprint density at radius 3 is 2.55 bits per heavy atom. The highest BCUT2D eigenvalue weighted by Gasteiger charge is 2.15. The maximum atomic E-state index is 11.9. The minimum atomic E-state index is -0.0584. The van der Waals surface area contributed by atoms with Gasteiger partial charge in [0.2, 0.25) is 0 Å². The van der Waals surface area contributed by atoms with Crippen LogP contribution in [0.5, 0.6) is 0 Å². The van der Waals surface area contributed by atoms with Gasteiger partial charge >= 0.3 is 0 Å². The molecular formula is C16H22Cl2N3O+. The molecule has 1 saturated heterocycles. The van der Waals surface area contributed by atoms with Crippen molar-refractivity contribution in [3.8, 4) is 0 Å². The van der Waals surface area contributed by atoms with E-state index in [1.54, 1.807) is 24.4 Å². The smallest absolute Gasteiger partial charge is 0.295 e. The van der Waals surface area contributed by atoms with E-state index in [9.17, 15) is 4.79 Å². The maximum absolute atomic E-state index is 11.9. The molecule has 1 fully saturated rings. The van der Waals surface area contributed by atoms with Gasteiger partial charge in [-0.2, -0.15) is 5.10 Å². The first kappa shape index (κ1) is 17.3. The second kappa shape index (κ2) is 9.13. The minimum Gasteiger partial charge on any atom is -0.327 e. The maximum Gasteiger partial charge on any atom is 0.295 e. The first-order valence-electron chi connectivity index (χ1n) is 7.75. The summed E-state index contributed by atoms with van der Waals surface area (Å²) in [7, 11) is 0. The summed E-state index contributed by atoms with van der Waals surface area (Å²) in [6.07, 6.45) is 7.82. The van der Waals surface area contributed by atoms with Gasteiger partial charge < -0.3 is 4.90 Å². The normalized spacial score (nSPS) is 17.2. The molecule has 2 N–H and O–H groups in total. The van der Waals surface area contributed by atoms with E-state index in [-0.39, 0.29) is 5.91 Å². The van der Waals surface area contributed by atoms with Crippen molar-refractivity contribution in [2.75, 3.05) is 19.6 Å². The number of hydrogen-bond donors (Lipinski definition) is 2. The fourth-order valence-corrected chi connectivity index (χ4v) is 3.09. The Morgan fingerprint density at radius 2 is 1.86 bits per heavy atom. The molecule has 1 aliphatic heterocycles. The van der Waals surface area contributed by atoms with Crippen LogP contribution in [0.25, 0.3) is 0 Å². The summed E-state index contributed by atoms with van der Waals surface area (Å²) in [4.78, 5) is 13.3. The van der Waals surface area contributed by atoms with E-state index in [0.717, 1.165) is 18.7 Å². The van der Waals surface area contributed by atoms with Gasteiger partial charge in [0.25, 0.3) is 5.91 Å². The number of halogens is 2. The van der Waals surface area contributed by atoms with Crippen LogP contribution in [-0.2, 0) is 4.79 Å². The number of quaternary nitrogens is 1. The lowest BCUT2D eigenvalue weighted by atomic mass is 10.1. The van der Waals surface area contributed by atoms with E-state index in [1.807, 2.05) is 0 Å². The van der Waals surface area contributed by atoms with Gasteiger partial charge in [0.15, 0.2) is 6.54 Å². The fraction of sp³-hybridized carbons (Fsp3) is 0.500. The number of hydrogen-bond acceptors (Lipinski definition) is 2. The lowest BCUT2D eigenvalue weighted by Crippen LogP contribution is -3.13. The van der Waals surface area contributed by atoms with Crippen molar-refractivity contribution < 1.29 is 9.69 Å². The van der Waals surface area contributed by atoms with Gasteiger partial charge in [0.05, 0.1) is 24.3 Å². The van der Waals surface area contributed by atoms with Crippen LogP contribution in [0.2, 0.25) is 10.0 Å². The summed E-state index contributed by atoms with van der Waals surface area (Å²) >= 11 is 11.9. The topological polar surface area (TPSA) is 45.9 Å². The number of nitrogens with one attached hydrogen (secondary N) is 2. The number of likely N-dealkylation sites (tertiary alicyclic amines) is 1. The van der Waals surface area contributed by atoms with Crippen molar-refractivity contribution in [1.29, 1.82) is 0 Å².